The van der Waals surface area contributed by atoms with Crippen molar-refractivity contribution in [3.63, 3.8) is 0 Å². The average molecular weight is 432 g/mol. The summed E-state index contributed by atoms with van der Waals surface area (Å²) >= 11 is 0. The van der Waals surface area contributed by atoms with Gasteiger partial charge in [-0.15, -0.1) is 0 Å². The minimum absolute atomic E-state index is 0.152. The second-order valence-electron chi connectivity index (χ2n) is 8.12. The van der Waals surface area contributed by atoms with Gasteiger partial charge < -0.3 is 4.90 Å². The fourth-order valence-electron chi connectivity index (χ4n) is 4.38. The molecule has 1 atom stereocenters. The highest BCUT2D eigenvalue weighted by atomic mass is 19.1. The van der Waals surface area contributed by atoms with Crippen LogP contribution in [0.15, 0.2) is 61.1 Å². The van der Waals surface area contributed by atoms with Crippen molar-refractivity contribution in [1.29, 1.82) is 5.26 Å². The van der Waals surface area contributed by atoms with Gasteiger partial charge in [0.25, 0.3) is 5.91 Å². The number of aromatic nitrogens is 2. The highest BCUT2D eigenvalue weighted by Crippen LogP contribution is 2.44. The van der Waals surface area contributed by atoms with E-state index in [4.69, 9.17) is 0 Å². The molecule has 1 fully saturated rings. The van der Waals surface area contributed by atoms with Gasteiger partial charge in [-0.1, -0.05) is 6.92 Å². The van der Waals surface area contributed by atoms with Crippen LogP contribution in [0.5, 0.6) is 0 Å². The van der Waals surface area contributed by atoms with Crippen molar-refractivity contribution in [3.8, 4) is 17.3 Å². The third kappa shape index (κ3) is 4.09. The van der Waals surface area contributed by atoms with Gasteiger partial charge in [0, 0.05) is 49.2 Å². The SMILES string of the molecule is CC(c1cc(F)cc(F)c1)C1(C#N)CCN(C(=O)c2cccnc2-c2ccncc2)CC1. The lowest BCUT2D eigenvalue weighted by Gasteiger charge is -2.41. The lowest BCUT2D eigenvalue weighted by Crippen LogP contribution is -2.44. The molecule has 1 aliphatic heterocycles. The molecule has 1 saturated heterocycles. The molecule has 32 heavy (non-hydrogen) atoms. The predicted molar refractivity (Wildman–Crippen MR) is 115 cm³/mol. The molecule has 1 aromatic carbocycles. The molecular formula is C25H22F2N4O. The first kappa shape index (κ1) is 21.6. The van der Waals surface area contributed by atoms with E-state index in [0.29, 0.717) is 42.8 Å². The summed E-state index contributed by atoms with van der Waals surface area (Å²) in [5.41, 5.74) is 1.52. The van der Waals surface area contributed by atoms with E-state index in [1.807, 2.05) is 6.92 Å². The largest absolute Gasteiger partial charge is 0.338 e. The lowest BCUT2D eigenvalue weighted by atomic mass is 9.68. The molecule has 5 nitrogen and oxygen atoms in total. The average Bonchev–Trinajstić information content (AvgIpc) is 2.83. The van der Waals surface area contributed by atoms with E-state index in [2.05, 4.69) is 16.0 Å². The third-order valence-corrected chi connectivity index (χ3v) is 6.37. The number of amides is 1. The summed E-state index contributed by atoms with van der Waals surface area (Å²) in [6, 6.07) is 12.8. The molecule has 0 N–H and O–H groups in total. The number of halogens is 2. The van der Waals surface area contributed by atoms with E-state index < -0.39 is 17.0 Å². The Bertz CT molecular complexity index is 1150. The number of benzene rings is 1. The molecule has 0 bridgehead atoms. The molecule has 7 heteroatoms. The fraction of sp³-hybridized carbons (Fsp3) is 0.280. The zero-order valence-electron chi connectivity index (χ0n) is 17.6. The molecular weight excluding hydrogens is 410 g/mol. The standard InChI is InChI=1S/C25H22F2N4O/c1-17(19-13-20(26)15-21(27)14-19)25(16-28)6-11-31(12-7-25)24(32)22-3-2-8-30-23(22)18-4-9-29-10-5-18/h2-5,8-10,13-15,17H,6-7,11-12H2,1H3. The summed E-state index contributed by atoms with van der Waals surface area (Å²) in [4.78, 5) is 23.4. The minimum atomic E-state index is -0.806. The first-order valence-corrected chi connectivity index (χ1v) is 10.5. The van der Waals surface area contributed by atoms with Gasteiger partial charge in [-0.2, -0.15) is 5.26 Å². The summed E-state index contributed by atoms with van der Waals surface area (Å²) in [6.45, 7) is 2.57. The zero-order chi connectivity index (χ0) is 22.7. The van der Waals surface area contributed by atoms with Crippen LogP contribution < -0.4 is 0 Å². The maximum atomic E-state index is 13.7. The van der Waals surface area contributed by atoms with Gasteiger partial charge in [-0.25, -0.2) is 8.78 Å². The van der Waals surface area contributed by atoms with Gasteiger partial charge in [0.15, 0.2) is 0 Å². The molecule has 0 radical (unpaired) electrons. The fourth-order valence-corrected chi connectivity index (χ4v) is 4.38. The summed E-state index contributed by atoms with van der Waals surface area (Å²) in [6.07, 6.45) is 5.77. The maximum absolute atomic E-state index is 13.7. The van der Waals surface area contributed by atoms with Crippen LogP contribution in [0.25, 0.3) is 11.3 Å². The van der Waals surface area contributed by atoms with Gasteiger partial charge in [-0.05, 0) is 54.8 Å². The quantitative estimate of drug-likeness (QED) is 0.584. The van der Waals surface area contributed by atoms with E-state index in [1.165, 1.54) is 12.1 Å². The highest BCUT2D eigenvalue weighted by Gasteiger charge is 2.42. The Hall–Kier alpha value is -3.66. The Morgan fingerprint density at radius 3 is 2.38 bits per heavy atom. The smallest absolute Gasteiger partial charge is 0.256 e. The van der Waals surface area contributed by atoms with Crippen LogP contribution in [0.1, 0.15) is 41.6 Å². The number of nitrogens with zero attached hydrogens (tertiary/aromatic N) is 4. The number of hydrogen-bond donors (Lipinski definition) is 0. The van der Waals surface area contributed by atoms with Crippen molar-refractivity contribution in [2.45, 2.75) is 25.7 Å². The Morgan fingerprint density at radius 1 is 1.09 bits per heavy atom. The molecule has 162 valence electrons. The number of likely N-dealkylation sites (tertiary alicyclic amines) is 1. The van der Waals surface area contributed by atoms with Gasteiger partial charge in [-0.3, -0.25) is 14.8 Å². The Morgan fingerprint density at radius 2 is 1.75 bits per heavy atom. The summed E-state index contributed by atoms with van der Waals surface area (Å²) in [5.74, 6) is -1.85. The molecule has 3 aromatic rings. The van der Waals surface area contributed by atoms with Gasteiger partial charge in [0.2, 0.25) is 0 Å². The topological polar surface area (TPSA) is 69.9 Å². The molecule has 2 aromatic heterocycles. The zero-order valence-corrected chi connectivity index (χ0v) is 17.6. The molecule has 0 spiro atoms. The number of rotatable bonds is 4. The Labute approximate surface area is 185 Å². The van der Waals surface area contributed by atoms with E-state index in [9.17, 15) is 18.8 Å². The van der Waals surface area contributed by atoms with Crippen molar-refractivity contribution in [2.24, 2.45) is 5.41 Å². The van der Waals surface area contributed by atoms with Crippen LogP contribution in [0.2, 0.25) is 0 Å². The van der Waals surface area contributed by atoms with Crippen molar-refractivity contribution in [3.05, 3.63) is 83.8 Å². The number of hydrogen-bond acceptors (Lipinski definition) is 4. The third-order valence-electron chi connectivity index (χ3n) is 6.37. The second-order valence-corrected chi connectivity index (χ2v) is 8.12. The number of carbonyl (C=O) groups excluding carboxylic acids is 1. The van der Waals surface area contributed by atoms with Crippen LogP contribution in [-0.4, -0.2) is 33.9 Å². The molecule has 1 amide bonds. The van der Waals surface area contributed by atoms with Crippen LogP contribution >= 0.6 is 0 Å². The van der Waals surface area contributed by atoms with E-state index in [-0.39, 0.29) is 11.8 Å². The monoisotopic (exact) mass is 432 g/mol. The number of nitriles is 1. The molecule has 4 rings (SSSR count). The predicted octanol–water partition coefficient (Wildman–Crippen LogP) is 4.97. The summed E-state index contributed by atoms with van der Waals surface area (Å²) < 4.78 is 27.5. The highest BCUT2D eigenvalue weighted by molar-refractivity contribution is 5.99. The normalized spacial score (nSPS) is 16.2. The van der Waals surface area contributed by atoms with Gasteiger partial charge in [0.05, 0.1) is 22.7 Å². The van der Waals surface area contributed by atoms with Crippen molar-refractivity contribution in [1.82, 2.24) is 14.9 Å². The number of piperidine rings is 1. The van der Waals surface area contributed by atoms with Crippen molar-refractivity contribution >= 4 is 5.91 Å². The maximum Gasteiger partial charge on any atom is 0.256 e. The first-order chi connectivity index (χ1) is 15.4. The van der Waals surface area contributed by atoms with Gasteiger partial charge in [0.1, 0.15) is 11.6 Å². The van der Waals surface area contributed by atoms with Crippen LogP contribution in [-0.2, 0) is 0 Å². The van der Waals surface area contributed by atoms with E-state index in [1.54, 1.807) is 47.8 Å². The van der Waals surface area contributed by atoms with Gasteiger partial charge >= 0.3 is 0 Å². The molecule has 1 aliphatic rings. The Balaban J connectivity index is 1.55. The van der Waals surface area contributed by atoms with Crippen molar-refractivity contribution < 1.29 is 13.6 Å². The minimum Gasteiger partial charge on any atom is -0.338 e. The van der Waals surface area contributed by atoms with Crippen LogP contribution in [0.4, 0.5) is 8.78 Å². The number of carbonyl (C=O) groups is 1. The summed E-state index contributed by atoms with van der Waals surface area (Å²) in [7, 11) is 0. The second kappa shape index (κ2) is 8.83. The Kier molecular flexibility index (Phi) is 5.95. The summed E-state index contributed by atoms with van der Waals surface area (Å²) in [5, 5.41) is 9.99. The first-order valence-electron chi connectivity index (χ1n) is 10.5. The lowest BCUT2D eigenvalue weighted by molar-refractivity contribution is 0.0623. The molecule has 1 unspecified atom stereocenters. The van der Waals surface area contributed by atoms with E-state index in [0.717, 1.165) is 11.6 Å². The van der Waals surface area contributed by atoms with Crippen LogP contribution in [0.3, 0.4) is 0 Å². The van der Waals surface area contributed by atoms with Crippen molar-refractivity contribution in [2.75, 3.05) is 13.1 Å². The number of pyridine rings is 2. The molecule has 3 heterocycles. The van der Waals surface area contributed by atoms with E-state index >= 15 is 0 Å². The van der Waals surface area contributed by atoms with Crippen LogP contribution in [0, 0.1) is 28.4 Å². The molecule has 0 aliphatic carbocycles. The molecule has 0 saturated carbocycles.